The molecule has 11 aromatic rings. The maximum atomic E-state index is 6.65. The standard InChI is InChI=1S/C58H39NO/c1-2-16-40(17-3-1)48-21-6-8-23-50(48)52-25-10-11-26-53(52)51-24-9-7-22-49(51)43-34-38-45(39-35-43)59(56-30-15-29-55-54-27-12-13-31-57(54)60-58(55)56)44-36-32-42(33-37-44)47-28-14-19-41-18-4-5-20-46(41)47/h1-39H. The summed E-state index contributed by atoms with van der Waals surface area (Å²) in [6.45, 7) is 0. The van der Waals surface area contributed by atoms with Crippen LogP contribution in [-0.2, 0) is 0 Å². The van der Waals surface area contributed by atoms with Gasteiger partial charge in [0.25, 0.3) is 0 Å². The predicted octanol–water partition coefficient (Wildman–Crippen LogP) is 16.5. The Morgan fingerprint density at radius 3 is 1.32 bits per heavy atom. The van der Waals surface area contributed by atoms with Crippen LogP contribution in [0.25, 0.3) is 88.3 Å². The van der Waals surface area contributed by atoms with Gasteiger partial charge in [-0.05, 0) is 103 Å². The van der Waals surface area contributed by atoms with E-state index in [2.05, 4.69) is 229 Å². The molecule has 2 nitrogen and oxygen atoms in total. The van der Waals surface area contributed by atoms with Crippen molar-refractivity contribution >= 4 is 49.8 Å². The van der Waals surface area contributed by atoms with Gasteiger partial charge in [0.2, 0.25) is 0 Å². The molecule has 0 unspecified atom stereocenters. The van der Waals surface area contributed by atoms with Crippen LogP contribution in [0.1, 0.15) is 0 Å². The number of para-hydroxylation sites is 2. The van der Waals surface area contributed by atoms with Gasteiger partial charge in [-0.3, -0.25) is 0 Å². The second-order valence-corrected chi connectivity index (χ2v) is 15.2. The van der Waals surface area contributed by atoms with Crippen molar-refractivity contribution in [3.8, 4) is 55.6 Å². The Morgan fingerprint density at radius 2 is 0.683 bits per heavy atom. The van der Waals surface area contributed by atoms with Crippen LogP contribution in [0.15, 0.2) is 241 Å². The molecule has 0 atom stereocenters. The van der Waals surface area contributed by atoms with Gasteiger partial charge >= 0.3 is 0 Å². The van der Waals surface area contributed by atoms with Gasteiger partial charge in [-0.15, -0.1) is 0 Å². The van der Waals surface area contributed by atoms with Crippen LogP contribution < -0.4 is 4.90 Å². The zero-order valence-electron chi connectivity index (χ0n) is 32.9. The Hall–Kier alpha value is -7.94. The number of anilines is 3. The zero-order valence-corrected chi connectivity index (χ0v) is 32.9. The van der Waals surface area contributed by atoms with E-state index in [0.29, 0.717) is 0 Å². The SMILES string of the molecule is c1ccc(-c2ccccc2-c2ccccc2-c2ccccc2-c2ccc(N(c3ccc(-c4cccc5ccccc45)cc3)c3cccc4c3oc3ccccc34)cc2)cc1. The molecule has 0 fully saturated rings. The summed E-state index contributed by atoms with van der Waals surface area (Å²) in [5, 5.41) is 4.69. The lowest BCUT2D eigenvalue weighted by atomic mass is 9.87. The topological polar surface area (TPSA) is 16.4 Å². The molecule has 0 aliphatic carbocycles. The molecule has 0 saturated heterocycles. The number of rotatable bonds is 8. The van der Waals surface area contributed by atoms with E-state index in [1.54, 1.807) is 0 Å². The summed E-state index contributed by atoms with van der Waals surface area (Å²) in [4.78, 5) is 2.32. The lowest BCUT2D eigenvalue weighted by Gasteiger charge is -2.26. The summed E-state index contributed by atoms with van der Waals surface area (Å²) in [7, 11) is 0. The molecule has 1 aromatic heterocycles. The fourth-order valence-electron chi connectivity index (χ4n) is 8.90. The minimum absolute atomic E-state index is 0.860. The van der Waals surface area contributed by atoms with E-state index >= 15 is 0 Å². The molecule has 1 heterocycles. The lowest BCUT2D eigenvalue weighted by Crippen LogP contribution is -2.10. The second kappa shape index (κ2) is 15.1. The van der Waals surface area contributed by atoms with E-state index in [-0.39, 0.29) is 0 Å². The van der Waals surface area contributed by atoms with Crippen molar-refractivity contribution in [2.75, 3.05) is 4.90 Å². The average Bonchev–Trinajstić information content (AvgIpc) is 3.72. The van der Waals surface area contributed by atoms with E-state index in [9.17, 15) is 0 Å². The third-order valence-electron chi connectivity index (χ3n) is 11.7. The van der Waals surface area contributed by atoms with E-state index in [0.717, 1.165) is 44.6 Å². The maximum Gasteiger partial charge on any atom is 0.159 e. The second-order valence-electron chi connectivity index (χ2n) is 15.2. The minimum Gasteiger partial charge on any atom is -0.454 e. The fourth-order valence-corrected chi connectivity index (χ4v) is 8.90. The van der Waals surface area contributed by atoms with E-state index in [1.165, 1.54) is 60.8 Å². The Balaban J connectivity index is 1.02. The molecule has 0 bridgehead atoms. The highest BCUT2D eigenvalue weighted by Crippen LogP contribution is 2.45. The monoisotopic (exact) mass is 765 g/mol. The number of hydrogen-bond donors (Lipinski definition) is 0. The van der Waals surface area contributed by atoms with Gasteiger partial charge < -0.3 is 9.32 Å². The third kappa shape index (κ3) is 6.23. The normalized spacial score (nSPS) is 11.3. The van der Waals surface area contributed by atoms with Gasteiger partial charge in [-0.1, -0.05) is 200 Å². The third-order valence-corrected chi connectivity index (χ3v) is 11.7. The molecule has 0 saturated carbocycles. The Labute approximate surface area is 349 Å². The number of benzene rings is 10. The highest BCUT2D eigenvalue weighted by atomic mass is 16.3. The van der Waals surface area contributed by atoms with Crippen LogP contribution in [0.5, 0.6) is 0 Å². The molecule has 0 radical (unpaired) electrons. The molecule has 0 aliphatic rings. The summed E-state index contributed by atoms with van der Waals surface area (Å²) in [5.41, 5.74) is 16.8. The Kier molecular flexibility index (Phi) is 8.87. The van der Waals surface area contributed by atoms with Crippen LogP contribution in [-0.4, -0.2) is 0 Å². The number of nitrogens with zero attached hydrogens (tertiary/aromatic N) is 1. The van der Waals surface area contributed by atoms with Gasteiger partial charge in [0.1, 0.15) is 5.58 Å². The summed E-state index contributed by atoms with van der Waals surface area (Å²) >= 11 is 0. The highest BCUT2D eigenvalue weighted by Gasteiger charge is 2.21. The van der Waals surface area contributed by atoms with E-state index in [1.807, 2.05) is 12.1 Å². The van der Waals surface area contributed by atoms with Crippen LogP contribution in [0.4, 0.5) is 17.1 Å². The number of furan rings is 1. The lowest BCUT2D eigenvalue weighted by molar-refractivity contribution is 0.669. The summed E-state index contributed by atoms with van der Waals surface area (Å²) in [6.07, 6.45) is 0. The molecule has 0 N–H and O–H groups in total. The smallest absolute Gasteiger partial charge is 0.159 e. The van der Waals surface area contributed by atoms with Gasteiger partial charge in [0, 0.05) is 22.1 Å². The highest BCUT2D eigenvalue weighted by molar-refractivity contribution is 6.10. The molecule has 2 heteroatoms. The molecule has 282 valence electrons. The molecule has 0 aliphatic heterocycles. The van der Waals surface area contributed by atoms with Crippen molar-refractivity contribution < 1.29 is 4.42 Å². The minimum atomic E-state index is 0.860. The molecule has 0 spiro atoms. The van der Waals surface area contributed by atoms with Gasteiger partial charge in [0.05, 0.1) is 5.69 Å². The first-order valence-electron chi connectivity index (χ1n) is 20.5. The van der Waals surface area contributed by atoms with Crippen LogP contribution in [0.2, 0.25) is 0 Å². The number of fused-ring (bicyclic) bond motifs is 4. The van der Waals surface area contributed by atoms with Crippen molar-refractivity contribution in [3.05, 3.63) is 237 Å². The summed E-state index contributed by atoms with van der Waals surface area (Å²) < 4.78 is 6.65. The molecular weight excluding hydrogens is 727 g/mol. The molecule has 11 rings (SSSR count). The molecular formula is C58H39NO. The quantitative estimate of drug-likeness (QED) is 0.153. The van der Waals surface area contributed by atoms with E-state index < -0.39 is 0 Å². The van der Waals surface area contributed by atoms with Crippen LogP contribution >= 0.6 is 0 Å². The summed E-state index contributed by atoms with van der Waals surface area (Å²) in [5.74, 6) is 0. The molecule has 0 amide bonds. The van der Waals surface area contributed by atoms with Crippen LogP contribution in [0.3, 0.4) is 0 Å². The van der Waals surface area contributed by atoms with Crippen molar-refractivity contribution in [2.45, 2.75) is 0 Å². The largest absolute Gasteiger partial charge is 0.454 e. The number of hydrogen-bond acceptors (Lipinski definition) is 2. The van der Waals surface area contributed by atoms with E-state index in [4.69, 9.17) is 4.42 Å². The first kappa shape index (κ1) is 35.2. The van der Waals surface area contributed by atoms with Crippen LogP contribution in [0, 0.1) is 0 Å². The first-order chi connectivity index (χ1) is 29.8. The Bertz CT molecular complexity index is 3300. The van der Waals surface area contributed by atoms with Gasteiger partial charge in [-0.25, -0.2) is 0 Å². The van der Waals surface area contributed by atoms with Crippen molar-refractivity contribution in [2.24, 2.45) is 0 Å². The zero-order chi connectivity index (χ0) is 39.8. The van der Waals surface area contributed by atoms with Crippen molar-refractivity contribution in [1.82, 2.24) is 0 Å². The fraction of sp³-hybridized carbons (Fsp3) is 0. The predicted molar refractivity (Wildman–Crippen MR) is 253 cm³/mol. The maximum absolute atomic E-state index is 6.65. The first-order valence-corrected chi connectivity index (χ1v) is 20.5. The van der Waals surface area contributed by atoms with Gasteiger partial charge in [0.15, 0.2) is 5.58 Å². The Morgan fingerprint density at radius 1 is 0.267 bits per heavy atom. The van der Waals surface area contributed by atoms with Crippen molar-refractivity contribution in [3.63, 3.8) is 0 Å². The van der Waals surface area contributed by atoms with Crippen molar-refractivity contribution in [1.29, 1.82) is 0 Å². The molecule has 10 aromatic carbocycles. The molecule has 60 heavy (non-hydrogen) atoms. The van der Waals surface area contributed by atoms with Gasteiger partial charge in [-0.2, -0.15) is 0 Å². The average molecular weight is 766 g/mol. The summed E-state index contributed by atoms with van der Waals surface area (Å²) in [6, 6.07) is 84.7.